The maximum Gasteiger partial charge on any atom is 0.178 e. The molecule has 3 rings (SSSR count). The number of hydrogen-bond acceptors (Lipinski definition) is 3. The molecule has 1 aromatic heterocycles. The van der Waals surface area contributed by atoms with Crippen molar-refractivity contribution in [2.24, 2.45) is 0 Å². The highest BCUT2D eigenvalue weighted by atomic mass is 32.2. The normalized spacial score (nSPS) is 22.5. The van der Waals surface area contributed by atoms with Gasteiger partial charge in [0.05, 0.1) is 18.1 Å². The minimum Gasteiger partial charge on any atom is -0.497 e. The number of ether oxygens (including phenoxy) is 1. The molecule has 1 aliphatic carbocycles. The lowest BCUT2D eigenvalue weighted by Gasteiger charge is -2.14. The van der Waals surface area contributed by atoms with Gasteiger partial charge < -0.3 is 14.3 Å². The van der Waals surface area contributed by atoms with Crippen LogP contribution in [-0.2, 0) is 0 Å². The zero-order chi connectivity index (χ0) is 14.1. The van der Waals surface area contributed by atoms with Crippen LogP contribution in [0, 0.1) is 4.77 Å². The van der Waals surface area contributed by atoms with Gasteiger partial charge in [0.15, 0.2) is 4.77 Å². The van der Waals surface area contributed by atoms with Crippen molar-refractivity contribution in [1.82, 2.24) is 9.55 Å². The molecule has 2 aromatic rings. The standard InChI is InChI=1S/C15H20N2OS2/c1-3-20-12-6-4-10(8-12)17-14-7-5-11(18-2)9-13(14)16-15(17)19/h5,7,9-10,12H,3-4,6,8H2,1-2H3,(H,16,19). The van der Waals surface area contributed by atoms with E-state index >= 15 is 0 Å². The largest absolute Gasteiger partial charge is 0.497 e. The highest BCUT2D eigenvalue weighted by molar-refractivity contribution is 7.99. The Labute approximate surface area is 128 Å². The van der Waals surface area contributed by atoms with Crippen LogP contribution in [0.25, 0.3) is 11.0 Å². The van der Waals surface area contributed by atoms with Crippen LogP contribution in [0.1, 0.15) is 32.2 Å². The van der Waals surface area contributed by atoms with Gasteiger partial charge in [0.1, 0.15) is 5.75 Å². The van der Waals surface area contributed by atoms with E-state index in [4.69, 9.17) is 17.0 Å². The van der Waals surface area contributed by atoms with Crippen LogP contribution in [0.4, 0.5) is 0 Å². The molecule has 0 saturated heterocycles. The lowest BCUT2D eigenvalue weighted by atomic mass is 10.2. The minimum atomic E-state index is 0.536. The number of benzene rings is 1. The summed E-state index contributed by atoms with van der Waals surface area (Å²) in [5, 5.41) is 0.787. The van der Waals surface area contributed by atoms with E-state index in [2.05, 4.69) is 34.3 Å². The molecule has 2 unspecified atom stereocenters. The minimum absolute atomic E-state index is 0.536. The second-order valence-corrected chi connectivity index (χ2v) is 7.19. The Morgan fingerprint density at radius 3 is 3.05 bits per heavy atom. The number of imidazole rings is 1. The number of methoxy groups -OCH3 is 1. The summed E-state index contributed by atoms with van der Waals surface area (Å²) < 4.78 is 8.42. The summed E-state index contributed by atoms with van der Waals surface area (Å²) >= 11 is 7.61. The first-order chi connectivity index (χ1) is 9.72. The van der Waals surface area contributed by atoms with Crippen molar-refractivity contribution in [2.75, 3.05) is 12.9 Å². The smallest absolute Gasteiger partial charge is 0.178 e. The number of rotatable bonds is 4. The van der Waals surface area contributed by atoms with Crippen LogP contribution in [0.5, 0.6) is 5.75 Å². The number of nitrogens with one attached hydrogen (secondary N) is 1. The van der Waals surface area contributed by atoms with Gasteiger partial charge >= 0.3 is 0 Å². The molecular formula is C15H20N2OS2. The molecule has 1 N–H and O–H groups in total. The fraction of sp³-hybridized carbons (Fsp3) is 0.533. The molecule has 0 radical (unpaired) electrons. The summed E-state index contributed by atoms with van der Waals surface area (Å²) in [7, 11) is 1.69. The number of aromatic nitrogens is 2. The van der Waals surface area contributed by atoms with E-state index in [0.29, 0.717) is 6.04 Å². The molecule has 5 heteroatoms. The summed E-state index contributed by atoms with van der Waals surface area (Å²) in [6, 6.07) is 6.68. The molecule has 0 spiro atoms. The quantitative estimate of drug-likeness (QED) is 0.840. The molecule has 3 nitrogen and oxygen atoms in total. The van der Waals surface area contributed by atoms with Gasteiger partial charge in [-0.25, -0.2) is 0 Å². The van der Waals surface area contributed by atoms with E-state index in [1.54, 1.807) is 7.11 Å². The van der Waals surface area contributed by atoms with Gasteiger partial charge in [0, 0.05) is 17.4 Å². The number of aromatic amines is 1. The van der Waals surface area contributed by atoms with Crippen molar-refractivity contribution in [3.05, 3.63) is 23.0 Å². The second-order valence-electron chi connectivity index (χ2n) is 5.23. The predicted octanol–water partition coefficient (Wildman–Crippen LogP) is 4.55. The van der Waals surface area contributed by atoms with Crippen LogP contribution in [0.15, 0.2) is 18.2 Å². The first-order valence-corrected chi connectivity index (χ1v) is 8.58. The lowest BCUT2D eigenvalue weighted by Crippen LogP contribution is -2.06. The Hall–Kier alpha value is -0.940. The zero-order valence-electron chi connectivity index (χ0n) is 11.9. The first-order valence-electron chi connectivity index (χ1n) is 7.12. The summed E-state index contributed by atoms with van der Waals surface area (Å²) in [4.78, 5) is 3.32. The number of nitrogens with zero attached hydrogens (tertiary/aromatic N) is 1. The average molecular weight is 308 g/mol. The molecule has 20 heavy (non-hydrogen) atoms. The van der Waals surface area contributed by atoms with E-state index in [1.165, 1.54) is 30.5 Å². The monoisotopic (exact) mass is 308 g/mol. The molecule has 1 saturated carbocycles. The Kier molecular flexibility index (Phi) is 4.08. The van der Waals surface area contributed by atoms with Gasteiger partial charge in [0.2, 0.25) is 0 Å². The molecule has 0 bridgehead atoms. The van der Waals surface area contributed by atoms with Crippen LogP contribution in [-0.4, -0.2) is 27.7 Å². The van der Waals surface area contributed by atoms with E-state index in [0.717, 1.165) is 21.3 Å². The third kappa shape index (κ3) is 2.49. The molecule has 0 aliphatic heterocycles. The Morgan fingerprint density at radius 1 is 1.45 bits per heavy atom. The van der Waals surface area contributed by atoms with Crippen LogP contribution >= 0.6 is 24.0 Å². The Bertz CT molecular complexity index is 661. The maximum atomic E-state index is 5.53. The highest BCUT2D eigenvalue weighted by Crippen LogP contribution is 2.38. The third-order valence-electron chi connectivity index (χ3n) is 4.05. The van der Waals surface area contributed by atoms with Crippen molar-refractivity contribution in [3.8, 4) is 5.75 Å². The number of H-pyrrole nitrogens is 1. The van der Waals surface area contributed by atoms with Crippen molar-refractivity contribution >= 4 is 35.0 Å². The van der Waals surface area contributed by atoms with E-state index in [9.17, 15) is 0 Å². The average Bonchev–Trinajstić information content (AvgIpc) is 3.01. The fourth-order valence-electron chi connectivity index (χ4n) is 3.14. The lowest BCUT2D eigenvalue weighted by molar-refractivity contribution is 0.415. The predicted molar refractivity (Wildman–Crippen MR) is 88.5 cm³/mol. The summed E-state index contributed by atoms with van der Waals surface area (Å²) in [5.41, 5.74) is 2.27. The van der Waals surface area contributed by atoms with Crippen LogP contribution in [0.2, 0.25) is 0 Å². The van der Waals surface area contributed by atoms with Crippen molar-refractivity contribution in [2.45, 2.75) is 37.5 Å². The molecule has 1 fully saturated rings. The third-order valence-corrected chi connectivity index (χ3v) is 5.58. The number of fused-ring (bicyclic) bond motifs is 1. The highest BCUT2D eigenvalue weighted by Gasteiger charge is 2.27. The molecule has 1 heterocycles. The Morgan fingerprint density at radius 2 is 2.30 bits per heavy atom. The second kappa shape index (κ2) is 5.82. The van der Waals surface area contributed by atoms with Gasteiger partial charge in [-0.15, -0.1) is 0 Å². The van der Waals surface area contributed by atoms with Gasteiger partial charge in [-0.05, 0) is 49.4 Å². The first kappa shape index (κ1) is 14.0. The van der Waals surface area contributed by atoms with Crippen molar-refractivity contribution in [3.63, 3.8) is 0 Å². The van der Waals surface area contributed by atoms with Crippen LogP contribution in [0.3, 0.4) is 0 Å². The number of thioether (sulfide) groups is 1. The summed E-state index contributed by atoms with van der Waals surface area (Å²) in [5.74, 6) is 2.07. The molecule has 1 aliphatic rings. The van der Waals surface area contributed by atoms with E-state index in [-0.39, 0.29) is 0 Å². The molecule has 0 amide bonds. The molecule has 2 atom stereocenters. The molecule has 1 aromatic carbocycles. The molecular weight excluding hydrogens is 288 g/mol. The van der Waals surface area contributed by atoms with Crippen LogP contribution < -0.4 is 4.74 Å². The topological polar surface area (TPSA) is 29.9 Å². The zero-order valence-corrected chi connectivity index (χ0v) is 13.5. The van der Waals surface area contributed by atoms with E-state index in [1.807, 2.05) is 12.1 Å². The fourth-order valence-corrected chi connectivity index (χ4v) is 4.63. The summed E-state index contributed by atoms with van der Waals surface area (Å²) in [6.45, 7) is 2.24. The van der Waals surface area contributed by atoms with Gasteiger partial charge in [0.25, 0.3) is 0 Å². The van der Waals surface area contributed by atoms with Crippen molar-refractivity contribution in [1.29, 1.82) is 0 Å². The Balaban J connectivity index is 1.96. The summed E-state index contributed by atoms with van der Waals surface area (Å²) in [6.07, 6.45) is 3.75. The van der Waals surface area contributed by atoms with Crippen molar-refractivity contribution < 1.29 is 4.74 Å². The van der Waals surface area contributed by atoms with Gasteiger partial charge in [-0.3, -0.25) is 0 Å². The van der Waals surface area contributed by atoms with E-state index < -0.39 is 0 Å². The van der Waals surface area contributed by atoms with Gasteiger partial charge in [-0.2, -0.15) is 11.8 Å². The maximum absolute atomic E-state index is 5.53. The number of hydrogen-bond donors (Lipinski definition) is 1. The SMILES string of the molecule is CCSC1CCC(n2c(=S)[nH]c3cc(OC)ccc32)C1. The molecule has 108 valence electrons. The van der Waals surface area contributed by atoms with Gasteiger partial charge in [-0.1, -0.05) is 6.92 Å².